The van der Waals surface area contributed by atoms with Gasteiger partial charge >= 0.3 is 6.09 Å². The Morgan fingerprint density at radius 1 is 1.41 bits per heavy atom. The van der Waals surface area contributed by atoms with Crippen LogP contribution in [0.1, 0.15) is 26.3 Å². The van der Waals surface area contributed by atoms with E-state index < -0.39 is 11.7 Å². The van der Waals surface area contributed by atoms with Crippen molar-refractivity contribution in [3.05, 3.63) is 30.1 Å². The smallest absolute Gasteiger partial charge is 0.408 e. The Kier molecular flexibility index (Phi) is 4.53. The van der Waals surface area contributed by atoms with Crippen molar-refractivity contribution in [2.45, 2.75) is 26.4 Å². The summed E-state index contributed by atoms with van der Waals surface area (Å²) < 4.78 is 5.06. The standard InChI is InChI=1S/C13H16N2O2/c1-13(2,3)17-12(16)15-8-4-5-11-6-9-14-10-7-11/h6-7,9-10H,8H2,1-3H3,(H,15,16). The fourth-order valence-electron chi connectivity index (χ4n) is 1.01. The molecule has 0 bridgehead atoms. The molecule has 0 aromatic carbocycles. The Bertz CT molecular complexity index is 424. The molecule has 0 radical (unpaired) electrons. The molecule has 0 aliphatic rings. The number of amides is 1. The fourth-order valence-corrected chi connectivity index (χ4v) is 1.01. The van der Waals surface area contributed by atoms with Gasteiger partial charge in [0.1, 0.15) is 5.60 Å². The Balaban J connectivity index is 2.34. The fraction of sp³-hybridized carbons (Fsp3) is 0.385. The first-order valence-corrected chi connectivity index (χ1v) is 5.33. The number of nitrogens with one attached hydrogen (secondary N) is 1. The highest BCUT2D eigenvalue weighted by Gasteiger charge is 2.14. The highest BCUT2D eigenvalue weighted by atomic mass is 16.6. The Hall–Kier alpha value is -2.02. The first-order chi connectivity index (χ1) is 7.97. The molecule has 0 saturated heterocycles. The first kappa shape index (κ1) is 13.0. The summed E-state index contributed by atoms with van der Waals surface area (Å²) in [6.07, 6.45) is 2.89. The van der Waals surface area contributed by atoms with Gasteiger partial charge in [0.2, 0.25) is 0 Å². The Morgan fingerprint density at radius 3 is 2.65 bits per heavy atom. The van der Waals surface area contributed by atoms with Crippen molar-refractivity contribution >= 4 is 6.09 Å². The summed E-state index contributed by atoms with van der Waals surface area (Å²) in [4.78, 5) is 15.1. The van der Waals surface area contributed by atoms with E-state index in [1.807, 2.05) is 20.8 Å². The predicted octanol–water partition coefficient (Wildman–Crippen LogP) is 1.96. The van der Waals surface area contributed by atoms with Crippen LogP contribution in [0.25, 0.3) is 0 Å². The summed E-state index contributed by atoms with van der Waals surface area (Å²) in [5.41, 5.74) is 0.383. The summed E-state index contributed by atoms with van der Waals surface area (Å²) >= 11 is 0. The molecule has 1 aromatic rings. The van der Waals surface area contributed by atoms with Crippen LogP contribution in [-0.4, -0.2) is 23.2 Å². The SMILES string of the molecule is CC(C)(C)OC(=O)NCC#Cc1ccncc1. The number of hydrogen-bond donors (Lipinski definition) is 1. The van der Waals surface area contributed by atoms with Gasteiger partial charge in [-0.3, -0.25) is 4.98 Å². The van der Waals surface area contributed by atoms with E-state index in [0.29, 0.717) is 0 Å². The lowest BCUT2D eigenvalue weighted by molar-refractivity contribution is 0.0535. The van der Waals surface area contributed by atoms with Crippen molar-refractivity contribution in [1.82, 2.24) is 10.3 Å². The molecule has 0 saturated carbocycles. The van der Waals surface area contributed by atoms with Crippen LogP contribution in [0.4, 0.5) is 4.79 Å². The second-order valence-corrected chi connectivity index (χ2v) is 4.39. The summed E-state index contributed by atoms with van der Waals surface area (Å²) in [6, 6.07) is 3.61. The normalized spacial score (nSPS) is 10.1. The van der Waals surface area contributed by atoms with Gasteiger partial charge in [-0.2, -0.15) is 0 Å². The highest BCUT2D eigenvalue weighted by Crippen LogP contribution is 2.05. The number of carbonyl (C=O) groups is 1. The lowest BCUT2D eigenvalue weighted by Gasteiger charge is -2.18. The maximum Gasteiger partial charge on any atom is 0.408 e. The van der Waals surface area contributed by atoms with Gasteiger partial charge in [-0.25, -0.2) is 4.79 Å². The van der Waals surface area contributed by atoms with Crippen LogP contribution in [0.5, 0.6) is 0 Å². The van der Waals surface area contributed by atoms with Gasteiger partial charge in [0, 0.05) is 18.0 Å². The summed E-state index contributed by atoms with van der Waals surface area (Å²) in [6.45, 7) is 5.71. The van der Waals surface area contributed by atoms with Crippen molar-refractivity contribution in [3.8, 4) is 11.8 Å². The van der Waals surface area contributed by atoms with Crippen molar-refractivity contribution < 1.29 is 9.53 Å². The second kappa shape index (κ2) is 5.90. The van der Waals surface area contributed by atoms with Gasteiger partial charge in [0.15, 0.2) is 0 Å². The average molecular weight is 232 g/mol. The zero-order valence-electron chi connectivity index (χ0n) is 10.3. The summed E-state index contributed by atoms with van der Waals surface area (Å²) in [7, 11) is 0. The van der Waals surface area contributed by atoms with Crippen LogP contribution in [0, 0.1) is 11.8 Å². The molecule has 0 aliphatic carbocycles. The van der Waals surface area contributed by atoms with Crippen LogP contribution in [0.3, 0.4) is 0 Å². The van der Waals surface area contributed by atoms with Crippen molar-refractivity contribution in [2.24, 2.45) is 0 Å². The predicted molar refractivity (Wildman–Crippen MR) is 65.4 cm³/mol. The lowest BCUT2D eigenvalue weighted by atomic mass is 10.2. The molecule has 1 rings (SSSR count). The van der Waals surface area contributed by atoms with Gasteiger partial charge in [0.05, 0.1) is 6.54 Å². The Morgan fingerprint density at radius 2 is 2.06 bits per heavy atom. The molecule has 4 heteroatoms. The van der Waals surface area contributed by atoms with Crippen LogP contribution in [0.2, 0.25) is 0 Å². The molecule has 0 unspecified atom stereocenters. The number of carbonyl (C=O) groups excluding carboxylic acids is 1. The van der Waals surface area contributed by atoms with E-state index in [9.17, 15) is 4.79 Å². The molecule has 1 amide bonds. The quantitative estimate of drug-likeness (QED) is 0.753. The minimum Gasteiger partial charge on any atom is -0.444 e. The third-order valence-corrected chi connectivity index (χ3v) is 1.63. The zero-order chi connectivity index (χ0) is 12.7. The number of pyridine rings is 1. The minimum atomic E-state index is -0.484. The number of alkyl carbamates (subject to hydrolysis) is 1. The van der Waals surface area contributed by atoms with E-state index in [-0.39, 0.29) is 6.54 Å². The lowest BCUT2D eigenvalue weighted by Crippen LogP contribution is -2.32. The van der Waals surface area contributed by atoms with Crippen molar-refractivity contribution in [2.75, 3.05) is 6.54 Å². The number of aromatic nitrogens is 1. The van der Waals surface area contributed by atoms with Gasteiger partial charge < -0.3 is 10.1 Å². The van der Waals surface area contributed by atoms with Crippen LogP contribution in [0.15, 0.2) is 24.5 Å². The first-order valence-electron chi connectivity index (χ1n) is 5.33. The average Bonchev–Trinajstić information content (AvgIpc) is 2.23. The van der Waals surface area contributed by atoms with Gasteiger partial charge in [0.25, 0.3) is 0 Å². The third kappa shape index (κ3) is 6.21. The Labute approximate surface area is 101 Å². The molecular formula is C13H16N2O2. The monoisotopic (exact) mass is 232 g/mol. The highest BCUT2D eigenvalue weighted by molar-refractivity contribution is 5.68. The zero-order valence-corrected chi connectivity index (χ0v) is 10.3. The molecular weight excluding hydrogens is 216 g/mol. The second-order valence-electron chi connectivity index (χ2n) is 4.39. The largest absolute Gasteiger partial charge is 0.444 e. The molecule has 90 valence electrons. The van der Waals surface area contributed by atoms with Gasteiger partial charge in [-0.1, -0.05) is 11.8 Å². The third-order valence-electron chi connectivity index (χ3n) is 1.63. The van der Waals surface area contributed by atoms with Crippen LogP contribution in [-0.2, 0) is 4.74 Å². The molecule has 4 nitrogen and oxygen atoms in total. The molecule has 1 heterocycles. The van der Waals surface area contributed by atoms with E-state index >= 15 is 0 Å². The number of ether oxygens (including phenoxy) is 1. The van der Waals surface area contributed by atoms with E-state index in [4.69, 9.17) is 4.74 Å². The summed E-state index contributed by atoms with van der Waals surface area (Å²) in [5.74, 6) is 5.73. The minimum absolute atomic E-state index is 0.261. The molecule has 17 heavy (non-hydrogen) atoms. The molecule has 0 atom stereocenters. The van der Waals surface area contributed by atoms with E-state index in [1.165, 1.54) is 0 Å². The topological polar surface area (TPSA) is 51.2 Å². The van der Waals surface area contributed by atoms with Crippen molar-refractivity contribution in [3.63, 3.8) is 0 Å². The van der Waals surface area contributed by atoms with E-state index in [0.717, 1.165) is 5.56 Å². The van der Waals surface area contributed by atoms with E-state index in [2.05, 4.69) is 22.1 Å². The molecule has 0 aliphatic heterocycles. The molecule has 0 spiro atoms. The number of nitrogens with zero attached hydrogens (tertiary/aromatic N) is 1. The molecule has 1 N–H and O–H groups in total. The van der Waals surface area contributed by atoms with E-state index in [1.54, 1.807) is 24.5 Å². The maximum atomic E-state index is 11.3. The number of hydrogen-bond acceptors (Lipinski definition) is 3. The van der Waals surface area contributed by atoms with Gasteiger partial charge in [-0.15, -0.1) is 0 Å². The van der Waals surface area contributed by atoms with Crippen LogP contribution >= 0.6 is 0 Å². The molecule has 1 aromatic heterocycles. The maximum absolute atomic E-state index is 11.3. The van der Waals surface area contributed by atoms with Crippen LogP contribution < -0.4 is 5.32 Å². The van der Waals surface area contributed by atoms with Gasteiger partial charge in [-0.05, 0) is 32.9 Å². The van der Waals surface area contributed by atoms with Crippen molar-refractivity contribution in [1.29, 1.82) is 0 Å². The summed E-state index contributed by atoms with van der Waals surface area (Å²) in [5, 5.41) is 2.56. The molecule has 0 fully saturated rings. The number of rotatable bonds is 1.